The molecule has 0 unspecified atom stereocenters. The number of amides is 1. The highest BCUT2D eigenvalue weighted by Crippen LogP contribution is 2.30. The summed E-state index contributed by atoms with van der Waals surface area (Å²) in [6.45, 7) is 2.55. The Bertz CT molecular complexity index is 1400. The molecule has 0 aliphatic carbocycles. The Balaban J connectivity index is 1.33. The van der Waals surface area contributed by atoms with E-state index in [0.717, 1.165) is 38.5 Å². The molecule has 0 saturated carbocycles. The number of nitrogens with zero attached hydrogens (tertiary/aromatic N) is 3. The Hall–Kier alpha value is -3.75. The third-order valence-corrected chi connectivity index (χ3v) is 6.88. The van der Waals surface area contributed by atoms with Gasteiger partial charge in [-0.1, -0.05) is 83.8 Å². The number of hydrogen-bond acceptors (Lipinski definition) is 7. The van der Waals surface area contributed by atoms with E-state index in [1.165, 1.54) is 23.1 Å². The number of thiazole rings is 1. The predicted molar refractivity (Wildman–Crippen MR) is 143 cm³/mol. The van der Waals surface area contributed by atoms with E-state index in [2.05, 4.69) is 10.3 Å². The number of aromatic nitrogens is 3. The zero-order valence-electron chi connectivity index (χ0n) is 19.0. The molecule has 5 rings (SSSR count). The number of nitrogens with one attached hydrogen (secondary N) is 1. The first kappa shape index (κ1) is 23.0. The number of thioether (sulfide) groups is 1. The second kappa shape index (κ2) is 10.7. The SMILES string of the molecule is CCOc1ccc2nc(NC(=O)CSc3nc(-c4ccccc4)cc(-c4ccccc4)n3)sc2c1. The van der Waals surface area contributed by atoms with Crippen LogP contribution < -0.4 is 10.1 Å². The molecule has 0 aliphatic rings. The van der Waals surface area contributed by atoms with E-state index in [9.17, 15) is 4.79 Å². The molecule has 2 aromatic heterocycles. The van der Waals surface area contributed by atoms with Crippen LogP contribution in [0.1, 0.15) is 6.92 Å². The molecule has 0 bridgehead atoms. The third kappa shape index (κ3) is 5.67. The monoisotopic (exact) mass is 498 g/mol. The number of rotatable bonds is 8. The van der Waals surface area contributed by atoms with Gasteiger partial charge < -0.3 is 10.1 Å². The van der Waals surface area contributed by atoms with Gasteiger partial charge in [-0.2, -0.15) is 0 Å². The maximum atomic E-state index is 12.7. The summed E-state index contributed by atoms with van der Waals surface area (Å²) in [5.74, 6) is 0.808. The summed E-state index contributed by atoms with van der Waals surface area (Å²) in [5, 5.41) is 4.00. The van der Waals surface area contributed by atoms with Crippen LogP contribution in [0.15, 0.2) is 90.1 Å². The van der Waals surface area contributed by atoms with E-state index in [0.29, 0.717) is 16.9 Å². The largest absolute Gasteiger partial charge is 0.494 e. The van der Waals surface area contributed by atoms with Gasteiger partial charge in [-0.15, -0.1) is 0 Å². The summed E-state index contributed by atoms with van der Waals surface area (Å²) in [6, 6.07) is 27.6. The van der Waals surface area contributed by atoms with Gasteiger partial charge in [0, 0.05) is 11.1 Å². The predicted octanol–water partition coefficient (Wildman–Crippen LogP) is 6.55. The van der Waals surface area contributed by atoms with Crippen molar-refractivity contribution in [3.8, 4) is 28.3 Å². The second-order valence-corrected chi connectivity index (χ2v) is 9.54. The summed E-state index contributed by atoms with van der Waals surface area (Å²) >= 11 is 2.73. The Morgan fingerprint density at radius 3 is 2.17 bits per heavy atom. The van der Waals surface area contributed by atoms with Gasteiger partial charge in [0.2, 0.25) is 5.91 Å². The fourth-order valence-electron chi connectivity index (χ4n) is 3.50. The molecule has 3 aromatic carbocycles. The highest BCUT2D eigenvalue weighted by molar-refractivity contribution is 7.99. The zero-order chi connectivity index (χ0) is 24.0. The Morgan fingerprint density at radius 1 is 0.886 bits per heavy atom. The van der Waals surface area contributed by atoms with Crippen LogP contribution in [0.25, 0.3) is 32.7 Å². The van der Waals surface area contributed by atoms with Gasteiger partial charge in [-0.25, -0.2) is 15.0 Å². The van der Waals surface area contributed by atoms with Crippen molar-refractivity contribution >= 4 is 44.4 Å². The van der Waals surface area contributed by atoms with Crippen molar-refractivity contribution in [3.05, 3.63) is 84.9 Å². The highest BCUT2D eigenvalue weighted by Gasteiger charge is 2.13. The lowest BCUT2D eigenvalue weighted by Gasteiger charge is -2.08. The van der Waals surface area contributed by atoms with E-state index in [4.69, 9.17) is 14.7 Å². The molecule has 1 N–H and O–H groups in total. The van der Waals surface area contributed by atoms with Gasteiger partial charge in [-0.05, 0) is 31.2 Å². The molecule has 174 valence electrons. The molecule has 8 heteroatoms. The average Bonchev–Trinajstić information content (AvgIpc) is 3.30. The highest BCUT2D eigenvalue weighted by atomic mass is 32.2. The molecule has 0 aliphatic heterocycles. The van der Waals surface area contributed by atoms with Crippen LogP contribution in [0.3, 0.4) is 0 Å². The number of anilines is 1. The lowest BCUT2D eigenvalue weighted by molar-refractivity contribution is -0.113. The van der Waals surface area contributed by atoms with Gasteiger partial charge >= 0.3 is 0 Å². The van der Waals surface area contributed by atoms with Gasteiger partial charge in [0.1, 0.15) is 5.75 Å². The van der Waals surface area contributed by atoms with E-state index >= 15 is 0 Å². The van der Waals surface area contributed by atoms with Crippen molar-refractivity contribution < 1.29 is 9.53 Å². The minimum Gasteiger partial charge on any atom is -0.494 e. The number of carbonyl (C=O) groups excluding carboxylic acids is 1. The Kier molecular flexibility index (Phi) is 7.02. The van der Waals surface area contributed by atoms with E-state index < -0.39 is 0 Å². The number of hydrogen-bond donors (Lipinski definition) is 1. The van der Waals surface area contributed by atoms with Crippen LogP contribution in [-0.4, -0.2) is 33.2 Å². The van der Waals surface area contributed by atoms with E-state index in [1.807, 2.05) is 91.9 Å². The van der Waals surface area contributed by atoms with Crippen molar-refractivity contribution in [3.63, 3.8) is 0 Å². The Labute approximate surface area is 211 Å². The summed E-state index contributed by atoms with van der Waals surface area (Å²) in [7, 11) is 0. The summed E-state index contributed by atoms with van der Waals surface area (Å²) in [6.07, 6.45) is 0. The molecule has 5 aromatic rings. The summed E-state index contributed by atoms with van der Waals surface area (Å²) in [5.41, 5.74) is 4.46. The standard InChI is InChI=1S/C27H22N4O2S2/c1-2-33-20-13-14-21-24(15-20)35-27(28-21)31-25(32)17-34-26-29-22(18-9-5-3-6-10-18)16-23(30-26)19-11-7-4-8-12-19/h3-16H,2,17H2,1H3,(H,28,31,32). The first-order valence-electron chi connectivity index (χ1n) is 11.1. The van der Waals surface area contributed by atoms with Crippen LogP contribution in [0.4, 0.5) is 5.13 Å². The Morgan fingerprint density at radius 2 is 1.54 bits per heavy atom. The van der Waals surface area contributed by atoms with Gasteiger partial charge in [0.05, 0.1) is 34.0 Å². The average molecular weight is 499 g/mol. The van der Waals surface area contributed by atoms with E-state index in [-0.39, 0.29) is 11.7 Å². The smallest absolute Gasteiger partial charge is 0.236 e. The lowest BCUT2D eigenvalue weighted by atomic mass is 10.1. The summed E-state index contributed by atoms with van der Waals surface area (Å²) < 4.78 is 6.51. The molecule has 0 atom stereocenters. The lowest BCUT2D eigenvalue weighted by Crippen LogP contribution is -2.14. The third-order valence-electron chi connectivity index (χ3n) is 5.09. The molecule has 0 fully saturated rings. The van der Waals surface area contributed by atoms with Crippen molar-refractivity contribution in [2.24, 2.45) is 0 Å². The molecular formula is C27H22N4O2S2. The molecule has 6 nitrogen and oxygen atoms in total. The van der Waals surface area contributed by atoms with Crippen molar-refractivity contribution in [2.75, 3.05) is 17.7 Å². The van der Waals surface area contributed by atoms with Crippen LogP contribution in [-0.2, 0) is 4.79 Å². The first-order chi connectivity index (χ1) is 17.2. The molecule has 0 saturated heterocycles. The zero-order valence-corrected chi connectivity index (χ0v) is 20.6. The van der Waals surface area contributed by atoms with Gasteiger partial charge in [0.15, 0.2) is 10.3 Å². The normalized spacial score (nSPS) is 10.9. The molecule has 1 amide bonds. The first-order valence-corrected chi connectivity index (χ1v) is 12.9. The topological polar surface area (TPSA) is 77.0 Å². The fourth-order valence-corrected chi connectivity index (χ4v) is 5.07. The van der Waals surface area contributed by atoms with Crippen molar-refractivity contribution in [2.45, 2.75) is 12.1 Å². The fraction of sp³-hybridized carbons (Fsp3) is 0.111. The van der Waals surface area contributed by atoms with Crippen LogP contribution >= 0.6 is 23.1 Å². The molecule has 0 spiro atoms. The second-order valence-electron chi connectivity index (χ2n) is 7.57. The number of carbonyl (C=O) groups is 1. The molecule has 35 heavy (non-hydrogen) atoms. The van der Waals surface area contributed by atoms with Gasteiger partial charge in [0.25, 0.3) is 0 Å². The number of ether oxygens (including phenoxy) is 1. The van der Waals surface area contributed by atoms with E-state index in [1.54, 1.807) is 0 Å². The maximum Gasteiger partial charge on any atom is 0.236 e. The minimum absolute atomic E-state index is 0.158. The minimum atomic E-state index is -0.158. The van der Waals surface area contributed by atoms with Crippen LogP contribution in [0.2, 0.25) is 0 Å². The van der Waals surface area contributed by atoms with Gasteiger partial charge in [-0.3, -0.25) is 4.79 Å². The van der Waals surface area contributed by atoms with Crippen molar-refractivity contribution in [1.82, 2.24) is 15.0 Å². The van der Waals surface area contributed by atoms with Crippen LogP contribution in [0.5, 0.6) is 5.75 Å². The quantitative estimate of drug-likeness (QED) is 0.193. The maximum absolute atomic E-state index is 12.7. The molecule has 2 heterocycles. The number of fused-ring (bicyclic) bond motifs is 1. The summed E-state index contributed by atoms with van der Waals surface area (Å²) in [4.78, 5) is 26.6. The van der Waals surface area contributed by atoms with Crippen LogP contribution in [0, 0.1) is 0 Å². The molecular weight excluding hydrogens is 476 g/mol. The molecule has 0 radical (unpaired) electrons. The number of benzene rings is 3. The van der Waals surface area contributed by atoms with Crippen molar-refractivity contribution in [1.29, 1.82) is 0 Å².